The van der Waals surface area contributed by atoms with Crippen LogP contribution < -0.4 is 59.1 Å². The Morgan fingerprint density at radius 3 is 1.00 bits per heavy atom. The minimum absolute atomic E-state index is 0. The van der Waals surface area contributed by atoms with Gasteiger partial charge in [-0.15, -0.1) is 0 Å². The van der Waals surface area contributed by atoms with Crippen LogP contribution in [0.25, 0.3) is 0 Å². The first kappa shape index (κ1) is 22.5. The second-order valence-electron chi connectivity index (χ2n) is 0.408. The molecule has 0 saturated heterocycles. The summed E-state index contributed by atoms with van der Waals surface area (Å²) < 4.78 is 34.1. The Balaban J connectivity index is -0.0000000267. The smallest absolute Gasteiger partial charge is 1.00 e. The van der Waals surface area contributed by atoms with Crippen LogP contribution in [0, 0.1) is 0 Å². The molecule has 0 bridgehead atoms. The molecule has 0 aromatic carbocycles. The van der Waals surface area contributed by atoms with E-state index in [2.05, 4.69) is 0 Å². The van der Waals surface area contributed by atoms with Crippen molar-refractivity contribution in [2.24, 2.45) is 0 Å². The zero-order chi connectivity index (χ0) is 4.50. The summed E-state index contributed by atoms with van der Waals surface area (Å²) in [7, 11) is -5.17. The van der Waals surface area contributed by atoms with Gasteiger partial charge in [-0.3, -0.25) is 8.42 Å². The van der Waals surface area contributed by atoms with Crippen LogP contribution in [0.3, 0.4) is 0 Å². The maximum absolute atomic E-state index is 8.52. The summed E-state index contributed by atoms with van der Waals surface area (Å²) in [5, 5.41) is 0. The molecule has 0 amide bonds. The van der Waals surface area contributed by atoms with E-state index in [4.69, 9.17) is 17.5 Å². The molecule has 4 nitrogen and oxygen atoms in total. The molecular formula is HKNa2O4S. The minimum Gasteiger partial charge on any atom is 1.00 e. The van der Waals surface area contributed by atoms with Gasteiger partial charge >= 0.3 is 110 Å². The SMILES string of the molecule is O=S(=O)([O-])[O-].[KH].[Na+].[Na+]. The summed E-state index contributed by atoms with van der Waals surface area (Å²) in [5.74, 6) is 0. The first-order valence-electron chi connectivity index (χ1n) is 0.667. The van der Waals surface area contributed by atoms with Crippen molar-refractivity contribution in [2.75, 3.05) is 0 Å². The fraction of sp³-hybridized carbons (Fsp3) is 0. The van der Waals surface area contributed by atoms with Crippen LogP contribution in [-0.2, 0) is 10.4 Å². The molecular weight excluding hydrogens is 181 g/mol. The van der Waals surface area contributed by atoms with E-state index in [1.165, 1.54) is 0 Å². The Morgan fingerprint density at radius 1 is 1.00 bits per heavy atom. The van der Waals surface area contributed by atoms with Crippen molar-refractivity contribution >= 4 is 61.8 Å². The van der Waals surface area contributed by atoms with Gasteiger partial charge in [-0.2, -0.15) is 0 Å². The van der Waals surface area contributed by atoms with Crippen LogP contribution in [0.15, 0.2) is 0 Å². The molecule has 0 aliphatic carbocycles. The van der Waals surface area contributed by atoms with Gasteiger partial charge in [0.15, 0.2) is 0 Å². The zero-order valence-corrected chi connectivity index (χ0v) is 8.86. The predicted octanol–water partition coefficient (Wildman–Crippen LogP) is -7.98. The van der Waals surface area contributed by atoms with E-state index in [1.54, 1.807) is 0 Å². The third-order valence-electron chi connectivity index (χ3n) is 0. The van der Waals surface area contributed by atoms with Crippen molar-refractivity contribution in [2.45, 2.75) is 0 Å². The fourth-order valence-electron chi connectivity index (χ4n) is 0. The van der Waals surface area contributed by atoms with Gasteiger partial charge in [-0.1, -0.05) is 0 Å². The molecule has 0 atom stereocenters. The van der Waals surface area contributed by atoms with Crippen LogP contribution in [0.2, 0.25) is 0 Å². The van der Waals surface area contributed by atoms with Crippen LogP contribution >= 0.6 is 0 Å². The molecule has 0 N–H and O–H groups in total. The van der Waals surface area contributed by atoms with Gasteiger partial charge in [0, 0.05) is 10.4 Å². The summed E-state index contributed by atoms with van der Waals surface area (Å²) in [5.41, 5.74) is 0. The van der Waals surface area contributed by atoms with E-state index >= 15 is 0 Å². The molecule has 0 rings (SSSR count). The standard InChI is InChI=1S/K.2Na.H2O4S.H/c;;;1-5(2,3)4;/h;;;(H2,1,2,3,4);/q;2*+1;;/p-2. The Labute approximate surface area is 135 Å². The average Bonchev–Trinajstić information content (AvgIpc) is 0.722. The van der Waals surface area contributed by atoms with Gasteiger partial charge in [-0.05, 0) is 0 Å². The number of rotatable bonds is 0. The molecule has 0 aromatic heterocycles. The molecule has 0 aliphatic rings. The number of hydrogen-bond donors (Lipinski definition) is 0. The van der Waals surface area contributed by atoms with Crippen molar-refractivity contribution in [1.29, 1.82) is 0 Å². The molecule has 8 heavy (non-hydrogen) atoms. The van der Waals surface area contributed by atoms with E-state index in [1.807, 2.05) is 0 Å². The topological polar surface area (TPSA) is 80.3 Å². The molecule has 0 heterocycles. The summed E-state index contributed by atoms with van der Waals surface area (Å²) in [4.78, 5) is 0. The average molecular weight is 182 g/mol. The summed E-state index contributed by atoms with van der Waals surface area (Å²) >= 11 is 0. The molecule has 0 unspecified atom stereocenters. The Hall–Kier alpha value is 3.51. The van der Waals surface area contributed by atoms with Gasteiger partial charge < -0.3 is 9.11 Å². The largest absolute Gasteiger partial charge is 1.00 e. The van der Waals surface area contributed by atoms with Crippen molar-refractivity contribution in [3.05, 3.63) is 0 Å². The molecule has 0 radical (unpaired) electrons. The molecule has 0 aliphatic heterocycles. The van der Waals surface area contributed by atoms with Crippen LogP contribution in [0.4, 0.5) is 0 Å². The monoisotopic (exact) mass is 182 g/mol. The maximum Gasteiger partial charge on any atom is 1.00 e. The van der Waals surface area contributed by atoms with E-state index in [9.17, 15) is 0 Å². The first-order chi connectivity index (χ1) is 2.00. The van der Waals surface area contributed by atoms with Gasteiger partial charge in [0.25, 0.3) is 0 Å². The maximum atomic E-state index is 8.52. The van der Waals surface area contributed by atoms with E-state index in [-0.39, 0.29) is 110 Å². The second-order valence-corrected chi connectivity index (χ2v) is 1.22. The van der Waals surface area contributed by atoms with Crippen molar-refractivity contribution < 1.29 is 76.6 Å². The zero-order valence-electron chi connectivity index (χ0n) is 4.04. The third-order valence-corrected chi connectivity index (χ3v) is 0. The summed E-state index contributed by atoms with van der Waals surface area (Å²) in [6, 6.07) is 0. The first-order valence-corrected chi connectivity index (χ1v) is 2.00. The Bertz CT molecular complexity index is 97.2. The van der Waals surface area contributed by atoms with Gasteiger partial charge in [0.1, 0.15) is 0 Å². The van der Waals surface area contributed by atoms with Crippen molar-refractivity contribution in [1.82, 2.24) is 0 Å². The normalized spacial score (nSPS) is 7.25. The second kappa shape index (κ2) is 10.5. The molecule has 8 heteroatoms. The van der Waals surface area contributed by atoms with Crippen LogP contribution in [-0.4, -0.2) is 68.9 Å². The van der Waals surface area contributed by atoms with E-state index < -0.39 is 10.4 Å². The molecule has 0 spiro atoms. The van der Waals surface area contributed by atoms with Crippen LogP contribution in [0.5, 0.6) is 0 Å². The third kappa shape index (κ3) is 55.9. The summed E-state index contributed by atoms with van der Waals surface area (Å²) in [6.45, 7) is 0. The molecule has 34 valence electrons. The summed E-state index contributed by atoms with van der Waals surface area (Å²) in [6.07, 6.45) is 0. The van der Waals surface area contributed by atoms with E-state index in [0.717, 1.165) is 0 Å². The van der Waals surface area contributed by atoms with Gasteiger partial charge in [0.2, 0.25) is 0 Å². The predicted molar refractivity (Wildman–Crippen MR) is 17.6 cm³/mol. The van der Waals surface area contributed by atoms with Crippen LogP contribution in [0.1, 0.15) is 0 Å². The fourth-order valence-corrected chi connectivity index (χ4v) is 0. The quantitative estimate of drug-likeness (QED) is 0.212. The van der Waals surface area contributed by atoms with Crippen molar-refractivity contribution in [3.8, 4) is 0 Å². The minimum atomic E-state index is -5.17. The Kier molecular flexibility index (Phi) is 29.6. The van der Waals surface area contributed by atoms with Crippen molar-refractivity contribution in [3.63, 3.8) is 0 Å². The van der Waals surface area contributed by atoms with Gasteiger partial charge in [0.05, 0.1) is 0 Å². The number of hydrogen-bond acceptors (Lipinski definition) is 4. The van der Waals surface area contributed by atoms with Gasteiger partial charge in [-0.25, -0.2) is 0 Å². The molecule has 0 saturated carbocycles. The van der Waals surface area contributed by atoms with E-state index in [0.29, 0.717) is 0 Å². The Morgan fingerprint density at radius 2 is 1.00 bits per heavy atom. The molecule has 0 aromatic rings. The molecule has 0 fully saturated rings.